The number of nitrogens with two attached hydrogens (primary N) is 1. The Balaban J connectivity index is 2.32. The van der Waals surface area contributed by atoms with Crippen LogP contribution in [0.2, 0.25) is 0 Å². The maximum Gasteiger partial charge on any atom is 0.149 e. The van der Waals surface area contributed by atoms with E-state index in [4.69, 9.17) is 5.73 Å². The third-order valence-electron chi connectivity index (χ3n) is 3.11. The van der Waals surface area contributed by atoms with Crippen LogP contribution in [-0.4, -0.2) is 4.98 Å². The highest BCUT2D eigenvalue weighted by Crippen LogP contribution is 2.29. The Kier molecular flexibility index (Phi) is 2.81. The molecule has 2 aromatic carbocycles. The van der Waals surface area contributed by atoms with Crippen molar-refractivity contribution in [3.63, 3.8) is 0 Å². The van der Waals surface area contributed by atoms with Crippen molar-refractivity contribution in [1.29, 1.82) is 5.26 Å². The quantitative estimate of drug-likeness (QED) is 0.683. The highest BCUT2D eigenvalue weighted by molar-refractivity contribution is 5.86. The standard InChI is InChI=1S/C16H10FN3/c17-14-8-11(19)5-6-12(14)13-7-10-3-1-2-4-15(10)20-16(13)9-18/h1-8H,19H2. The van der Waals surface area contributed by atoms with Crippen LogP contribution in [0.25, 0.3) is 22.0 Å². The second kappa shape index (κ2) is 4.63. The van der Waals surface area contributed by atoms with E-state index >= 15 is 0 Å². The predicted octanol–water partition coefficient (Wildman–Crippen LogP) is 3.49. The second-order valence-electron chi connectivity index (χ2n) is 4.43. The van der Waals surface area contributed by atoms with Crippen LogP contribution in [0.1, 0.15) is 5.69 Å². The Morgan fingerprint density at radius 3 is 2.60 bits per heavy atom. The molecule has 2 N–H and O–H groups in total. The van der Waals surface area contributed by atoms with Crippen LogP contribution in [-0.2, 0) is 0 Å². The number of anilines is 1. The first-order valence-electron chi connectivity index (χ1n) is 6.04. The summed E-state index contributed by atoms with van der Waals surface area (Å²) in [5.74, 6) is -0.460. The van der Waals surface area contributed by atoms with Crippen LogP contribution in [0, 0.1) is 17.1 Å². The van der Waals surface area contributed by atoms with Crippen LogP contribution in [0.15, 0.2) is 48.5 Å². The molecule has 0 aliphatic heterocycles. The topological polar surface area (TPSA) is 62.7 Å². The molecule has 96 valence electrons. The third-order valence-corrected chi connectivity index (χ3v) is 3.11. The average Bonchev–Trinajstić information content (AvgIpc) is 2.46. The zero-order valence-electron chi connectivity index (χ0n) is 10.5. The normalized spacial score (nSPS) is 10.4. The Labute approximate surface area is 115 Å². The van der Waals surface area contributed by atoms with Crippen molar-refractivity contribution < 1.29 is 4.39 Å². The SMILES string of the molecule is N#Cc1nc2ccccc2cc1-c1ccc(N)cc1F. The molecule has 3 rings (SSSR count). The first-order valence-corrected chi connectivity index (χ1v) is 6.04. The van der Waals surface area contributed by atoms with Crippen molar-refractivity contribution in [1.82, 2.24) is 4.98 Å². The molecule has 1 aromatic heterocycles. The fourth-order valence-corrected chi connectivity index (χ4v) is 2.16. The summed E-state index contributed by atoms with van der Waals surface area (Å²) in [7, 11) is 0. The monoisotopic (exact) mass is 263 g/mol. The van der Waals surface area contributed by atoms with E-state index in [1.165, 1.54) is 6.07 Å². The maximum atomic E-state index is 14.0. The van der Waals surface area contributed by atoms with Gasteiger partial charge in [0.25, 0.3) is 0 Å². The van der Waals surface area contributed by atoms with Gasteiger partial charge in [0.05, 0.1) is 5.52 Å². The van der Waals surface area contributed by atoms with Gasteiger partial charge < -0.3 is 5.73 Å². The number of hydrogen-bond acceptors (Lipinski definition) is 3. The summed E-state index contributed by atoms with van der Waals surface area (Å²) in [6, 6.07) is 15.6. The fourth-order valence-electron chi connectivity index (χ4n) is 2.16. The minimum atomic E-state index is -0.460. The molecule has 0 aliphatic carbocycles. The van der Waals surface area contributed by atoms with Crippen LogP contribution in [0.4, 0.5) is 10.1 Å². The van der Waals surface area contributed by atoms with E-state index in [9.17, 15) is 9.65 Å². The molecule has 0 saturated carbocycles. The summed E-state index contributed by atoms with van der Waals surface area (Å²) in [6.07, 6.45) is 0. The molecule has 0 atom stereocenters. The van der Waals surface area contributed by atoms with Crippen molar-refractivity contribution in [3.8, 4) is 17.2 Å². The highest BCUT2D eigenvalue weighted by Gasteiger charge is 2.12. The summed E-state index contributed by atoms with van der Waals surface area (Å²) < 4.78 is 14.0. The van der Waals surface area contributed by atoms with Crippen molar-refractivity contribution in [2.45, 2.75) is 0 Å². The van der Waals surface area contributed by atoms with E-state index in [1.54, 1.807) is 18.2 Å². The lowest BCUT2D eigenvalue weighted by Crippen LogP contribution is -1.94. The van der Waals surface area contributed by atoms with Crippen LogP contribution >= 0.6 is 0 Å². The van der Waals surface area contributed by atoms with Crippen molar-refractivity contribution in [2.24, 2.45) is 0 Å². The highest BCUT2D eigenvalue weighted by atomic mass is 19.1. The number of fused-ring (bicyclic) bond motifs is 1. The molecule has 0 bridgehead atoms. The molecular formula is C16H10FN3. The molecule has 1 heterocycles. The van der Waals surface area contributed by atoms with Gasteiger partial charge in [-0.2, -0.15) is 5.26 Å². The Morgan fingerprint density at radius 2 is 1.85 bits per heavy atom. The summed E-state index contributed by atoms with van der Waals surface area (Å²) in [6.45, 7) is 0. The molecule has 0 unspecified atom stereocenters. The Bertz CT molecular complexity index is 850. The minimum Gasteiger partial charge on any atom is -0.399 e. The number of pyridine rings is 1. The van der Waals surface area contributed by atoms with Gasteiger partial charge in [0.15, 0.2) is 0 Å². The molecule has 0 radical (unpaired) electrons. The number of para-hydroxylation sites is 1. The van der Waals surface area contributed by atoms with Crippen molar-refractivity contribution >= 4 is 16.6 Å². The number of nitrogen functional groups attached to an aromatic ring is 1. The van der Waals surface area contributed by atoms with E-state index in [-0.39, 0.29) is 5.69 Å². The number of hydrogen-bond donors (Lipinski definition) is 1. The van der Waals surface area contributed by atoms with E-state index in [2.05, 4.69) is 4.98 Å². The molecule has 20 heavy (non-hydrogen) atoms. The molecule has 3 nitrogen and oxygen atoms in total. The molecule has 3 aromatic rings. The van der Waals surface area contributed by atoms with Gasteiger partial charge in [0, 0.05) is 22.2 Å². The Morgan fingerprint density at radius 1 is 1.05 bits per heavy atom. The van der Waals surface area contributed by atoms with Crippen molar-refractivity contribution in [2.75, 3.05) is 5.73 Å². The van der Waals surface area contributed by atoms with Gasteiger partial charge >= 0.3 is 0 Å². The van der Waals surface area contributed by atoms with Crippen LogP contribution in [0.5, 0.6) is 0 Å². The smallest absolute Gasteiger partial charge is 0.149 e. The molecule has 0 amide bonds. The summed E-state index contributed by atoms with van der Waals surface area (Å²) in [5.41, 5.74) is 7.61. The zero-order chi connectivity index (χ0) is 14.1. The van der Waals surface area contributed by atoms with E-state index < -0.39 is 5.82 Å². The number of benzene rings is 2. The first kappa shape index (κ1) is 12.1. The largest absolute Gasteiger partial charge is 0.399 e. The number of rotatable bonds is 1. The summed E-state index contributed by atoms with van der Waals surface area (Å²) >= 11 is 0. The van der Waals surface area contributed by atoms with Crippen LogP contribution in [0.3, 0.4) is 0 Å². The van der Waals surface area contributed by atoms with E-state index in [0.717, 1.165) is 5.39 Å². The lowest BCUT2D eigenvalue weighted by Gasteiger charge is -2.08. The maximum absolute atomic E-state index is 14.0. The van der Waals surface area contributed by atoms with Gasteiger partial charge in [-0.05, 0) is 30.3 Å². The molecule has 0 fully saturated rings. The predicted molar refractivity (Wildman–Crippen MR) is 76.3 cm³/mol. The number of nitriles is 1. The molecular weight excluding hydrogens is 253 g/mol. The molecule has 0 spiro atoms. The summed E-state index contributed by atoms with van der Waals surface area (Å²) in [4.78, 5) is 4.27. The minimum absolute atomic E-state index is 0.201. The Hall–Kier alpha value is -2.93. The van der Waals surface area contributed by atoms with E-state index in [1.807, 2.05) is 30.3 Å². The number of nitrogens with zero attached hydrogens (tertiary/aromatic N) is 2. The number of aromatic nitrogens is 1. The first-order chi connectivity index (χ1) is 9.69. The van der Waals surface area contributed by atoms with Gasteiger partial charge in [-0.1, -0.05) is 18.2 Å². The lowest BCUT2D eigenvalue weighted by atomic mass is 10.0. The lowest BCUT2D eigenvalue weighted by molar-refractivity contribution is 0.632. The fraction of sp³-hybridized carbons (Fsp3) is 0. The average molecular weight is 263 g/mol. The zero-order valence-corrected chi connectivity index (χ0v) is 10.5. The molecule has 4 heteroatoms. The van der Waals surface area contributed by atoms with Gasteiger partial charge in [-0.25, -0.2) is 9.37 Å². The van der Waals surface area contributed by atoms with Gasteiger partial charge in [0.1, 0.15) is 17.6 Å². The van der Waals surface area contributed by atoms with Crippen molar-refractivity contribution in [3.05, 3.63) is 60.0 Å². The van der Waals surface area contributed by atoms with E-state index in [0.29, 0.717) is 22.3 Å². The van der Waals surface area contributed by atoms with Gasteiger partial charge in [0.2, 0.25) is 0 Å². The number of halogens is 1. The second-order valence-corrected chi connectivity index (χ2v) is 4.43. The third kappa shape index (κ3) is 1.95. The van der Waals surface area contributed by atoms with Crippen LogP contribution < -0.4 is 5.73 Å². The van der Waals surface area contributed by atoms with Gasteiger partial charge in [-0.3, -0.25) is 0 Å². The van der Waals surface area contributed by atoms with Gasteiger partial charge in [-0.15, -0.1) is 0 Å². The molecule has 0 saturated heterocycles. The summed E-state index contributed by atoms with van der Waals surface area (Å²) in [5, 5.41) is 10.1. The molecule has 0 aliphatic rings.